The first-order valence-electron chi connectivity index (χ1n) is 36.9. The highest BCUT2D eigenvalue weighted by Gasteiger charge is 2.22. The molecule has 0 aliphatic heterocycles. The number of hydrogen-bond acceptors (Lipinski definition) is 6. The van der Waals surface area contributed by atoms with Crippen molar-refractivity contribution in [3.63, 3.8) is 0 Å². The molecule has 114 heavy (non-hydrogen) atoms. The summed E-state index contributed by atoms with van der Waals surface area (Å²) in [5.74, 6) is 0. The molecule has 10 nitrogen and oxygen atoms in total. The van der Waals surface area contributed by atoms with E-state index in [0.717, 1.165) is 139 Å². The van der Waals surface area contributed by atoms with Gasteiger partial charge in [0.2, 0.25) is 0 Å². The Labute approximate surface area is 705 Å². The molecule has 0 bridgehead atoms. The van der Waals surface area contributed by atoms with Crippen LogP contribution in [-0.2, 0) is 0 Å². The molecule has 8 aromatic heterocycles. The minimum Gasteiger partial charge on any atom is -0.423 e. The average molecular weight is 1840 g/mol. The number of imidazole rings is 4. The lowest BCUT2D eigenvalue weighted by Gasteiger charge is -2.19. The summed E-state index contributed by atoms with van der Waals surface area (Å²) in [5.41, 5.74) is 22.0. The van der Waals surface area contributed by atoms with E-state index in [4.69, 9.17) is 9.97 Å². The van der Waals surface area contributed by atoms with Gasteiger partial charge >= 0.3 is 7.12 Å². The molecule has 0 spiro atoms. The zero-order chi connectivity index (χ0) is 77.6. The van der Waals surface area contributed by atoms with Gasteiger partial charge in [-0.25, -0.2) is 19.9 Å². The molecule has 0 unspecified atom stereocenters. The van der Waals surface area contributed by atoms with Crippen LogP contribution in [0.3, 0.4) is 0 Å². The van der Waals surface area contributed by atoms with E-state index in [1.165, 1.54) is 38.1 Å². The Bertz CT molecular complexity index is 6830. The fraction of sp³-hybridized carbons (Fsp3) is 0. The maximum absolute atomic E-state index is 10.1. The summed E-state index contributed by atoms with van der Waals surface area (Å²) in [6.45, 7) is 0. The topological polar surface area (TPSA) is 110 Å². The summed E-state index contributed by atoms with van der Waals surface area (Å²) in [4.78, 5) is 18.9. The van der Waals surface area contributed by atoms with Gasteiger partial charge < -0.3 is 14.4 Å². The van der Waals surface area contributed by atoms with Gasteiger partial charge in [0.1, 0.15) is 32.0 Å². The van der Waals surface area contributed by atoms with Gasteiger partial charge in [-0.15, -0.1) is 0 Å². The van der Waals surface area contributed by atoms with Crippen LogP contribution in [0.25, 0.3) is 155 Å². The standard InChI is InChI=1S/C34H23BO2.2C19H13BrN2.C13H8BrIN2.C13H9BrN2/c36-35(37)28-17-18-31-32(21-28)34(27-16-14-23-8-2-4-10-25(23)20-27)30-12-6-5-11-29(30)33(31)26-15-13-22-7-1-3-9-24(22)19-26;2*20-16-11-9-14(10-12-16)18-19(15-6-2-1-3-7-15)22-13-5-4-8-17(22)21-18;14-10-6-4-9(5-7-10)12-13(15)17-8-2-1-3-11(17)16-12;14-11-6-4-10(5-7-11)12-9-16-8-2-1-3-13(16)15-12/h1-21,36-37H;2*1-13H;1-8H;1-9H. The van der Waals surface area contributed by atoms with E-state index in [1.54, 1.807) is 0 Å². The van der Waals surface area contributed by atoms with Gasteiger partial charge in [0.15, 0.2) is 0 Å². The van der Waals surface area contributed by atoms with Crippen molar-refractivity contribution in [2.75, 3.05) is 0 Å². The maximum atomic E-state index is 10.1. The third-order valence-corrected chi connectivity index (χ3v) is 23.1. The quantitative estimate of drug-likeness (QED) is 0.0846. The van der Waals surface area contributed by atoms with Crippen LogP contribution < -0.4 is 5.46 Å². The highest BCUT2D eigenvalue weighted by molar-refractivity contribution is 14.1. The summed E-state index contributed by atoms with van der Waals surface area (Å²) < 4.78 is 13.9. The lowest BCUT2D eigenvalue weighted by molar-refractivity contribution is 0.426. The summed E-state index contributed by atoms with van der Waals surface area (Å²) in [6, 6.07) is 122. The lowest BCUT2D eigenvalue weighted by atomic mass is 9.77. The van der Waals surface area contributed by atoms with Gasteiger partial charge in [0.05, 0.1) is 28.5 Å². The van der Waals surface area contributed by atoms with Crippen molar-refractivity contribution in [1.29, 1.82) is 0 Å². The molecule has 0 radical (unpaired) electrons. The minimum atomic E-state index is -1.54. The summed E-state index contributed by atoms with van der Waals surface area (Å²) in [6.07, 6.45) is 10.2. The highest BCUT2D eigenvalue weighted by Crippen LogP contribution is 2.45. The molecule has 548 valence electrons. The molecule has 0 saturated heterocycles. The fourth-order valence-corrected chi connectivity index (χ4v) is 16.4. The van der Waals surface area contributed by atoms with Crippen molar-refractivity contribution in [3.05, 3.63) is 410 Å². The van der Waals surface area contributed by atoms with Crippen molar-refractivity contribution in [2.45, 2.75) is 0 Å². The van der Waals surface area contributed by atoms with Crippen LogP contribution in [-0.4, -0.2) is 54.7 Å². The van der Waals surface area contributed by atoms with Crippen molar-refractivity contribution in [2.24, 2.45) is 0 Å². The summed E-state index contributed by atoms with van der Waals surface area (Å²) >= 11 is 16.2. The van der Waals surface area contributed by atoms with Crippen molar-refractivity contribution >= 4 is 165 Å². The summed E-state index contributed by atoms with van der Waals surface area (Å²) in [7, 11) is -1.54. The molecule has 0 atom stereocenters. The van der Waals surface area contributed by atoms with Crippen LogP contribution in [0.1, 0.15) is 0 Å². The first kappa shape index (κ1) is 75.0. The molecule has 0 saturated carbocycles. The van der Waals surface area contributed by atoms with E-state index in [1.807, 2.05) is 175 Å². The first-order chi connectivity index (χ1) is 55.9. The number of rotatable bonds is 9. The van der Waals surface area contributed by atoms with Gasteiger partial charge in [-0.1, -0.05) is 312 Å². The molecule has 0 amide bonds. The second-order valence-corrected chi connectivity index (χ2v) is 31.8. The fourth-order valence-electron chi connectivity index (χ4n) is 14.5. The van der Waals surface area contributed by atoms with Crippen LogP contribution in [0.2, 0.25) is 0 Å². The normalized spacial score (nSPS) is 11.1. The van der Waals surface area contributed by atoms with Gasteiger partial charge in [0.25, 0.3) is 0 Å². The van der Waals surface area contributed by atoms with Crippen molar-refractivity contribution in [1.82, 2.24) is 37.5 Å². The zero-order valence-electron chi connectivity index (χ0n) is 60.9. The number of nitrogens with zero attached hydrogens (tertiary/aromatic N) is 8. The number of halogens is 5. The molecule has 13 aromatic carbocycles. The van der Waals surface area contributed by atoms with Gasteiger partial charge in [-0.2, -0.15) is 0 Å². The largest absolute Gasteiger partial charge is 0.488 e. The molecule has 16 heteroatoms. The third kappa shape index (κ3) is 16.0. The Morgan fingerprint density at radius 3 is 1.09 bits per heavy atom. The van der Waals surface area contributed by atoms with E-state index in [2.05, 4.69) is 328 Å². The Kier molecular flexibility index (Phi) is 22.3. The molecule has 21 aromatic rings. The molecule has 8 heterocycles. The maximum Gasteiger partial charge on any atom is 0.488 e. The number of fused-ring (bicyclic) bond motifs is 8. The van der Waals surface area contributed by atoms with E-state index in [0.29, 0.717) is 5.46 Å². The molecular weight excluding hydrogens is 1780 g/mol. The van der Waals surface area contributed by atoms with Crippen LogP contribution in [0.15, 0.2) is 407 Å². The molecule has 0 aliphatic carbocycles. The zero-order valence-corrected chi connectivity index (χ0v) is 69.4. The molecule has 2 N–H and O–H groups in total. The van der Waals surface area contributed by atoms with Crippen LogP contribution in [0.5, 0.6) is 0 Å². The van der Waals surface area contributed by atoms with Gasteiger partial charge in [0, 0.05) is 82.3 Å². The molecule has 21 rings (SSSR count). The Hall–Kier alpha value is -11.7. The predicted octanol–water partition coefficient (Wildman–Crippen LogP) is 26.3. The Morgan fingerprint density at radius 1 is 0.272 bits per heavy atom. The molecule has 0 fully saturated rings. The van der Waals surface area contributed by atoms with Crippen molar-refractivity contribution < 1.29 is 10.0 Å². The minimum absolute atomic E-state index is 0.481. The SMILES string of the molecule is Brc1ccc(-c2cn3ccccc3n2)cc1.Brc1ccc(-c2nc3ccccn3c2-c2ccccc2)cc1.Brc1ccc(-c2nc3ccccn3c2-c2ccccc2)cc1.Brc1ccc(-c2nc3ccccn3c2I)cc1.OB(O)c1ccc2c(-c3ccc4ccccc4c3)c3ccccc3c(-c3ccc4ccccc4c3)c2c1. The second-order valence-electron chi connectivity index (χ2n) is 27.1. The smallest absolute Gasteiger partial charge is 0.423 e. The lowest BCUT2D eigenvalue weighted by Crippen LogP contribution is -2.29. The molecular formula is C98H66BBr4IN8O2. The first-order valence-corrected chi connectivity index (χ1v) is 41.1. The van der Waals surface area contributed by atoms with Crippen LogP contribution in [0.4, 0.5) is 0 Å². The number of pyridine rings is 4. The summed E-state index contributed by atoms with van der Waals surface area (Å²) in [5, 5.41) is 29.3. The third-order valence-electron chi connectivity index (χ3n) is 19.9. The molecule has 0 aliphatic rings. The van der Waals surface area contributed by atoms with E-state index in [-0.39, 0.29) is 0 Å². The van der Waals surface area contributed by atoms with E-state index in [9.17, 15) is 10.0 Å². The average Bonchev–Trinajstić information content (AvgIpc) is 1.03. The monoisotopic (exact) mass is 1840 g/mol. The van der Waals surface area contributed by atoms with Crippen LogP contribution in [0, 0.1) is 3.70 Å². The van der Waals surface area contributed by atoms with Crippen LogP contribution >= 0.6 is 86.3 Å². The number of hydrogen-bond donors (Lipinski definition) is 2. The van der Waals surface area contributed by atoms with E-state index >= 15 is 0 Å². The Balaban J connectivity index is 0.000000107. The van der Waals surface area contributed by atoms with Gasteiger partial charge in [-0.05, 0) is 203 Å². The number of benzene rings is 13. The van der Waals surface area contributed by atoms with E-state index < -0.39 is 7.12 Å². The van der Waals surface area contributed by atoms with Crippen molar-refractivity contribution in [3.8, 4) is 89.8 Å². The van der Waals surface area contributed by atoms with Gasteiger partial charge in [-0.3, -0.25) is 13.2 Å². The second kappa shape index (κ2) is 33.9. The highest BCUT2D eigenvalue weighted by atomic mass is 127. The number of aromatic nitrogens is 8. The predicted molar refractivity (Wildman–Crippen MR) is 494 cm³/mol. The Morgan fingerprint density at radius 2 is 0.632 bits per heavy atom.